The number of carbonyl (C=O) groups excluding carboxylic acids is 1. The molecule has 0 saturated carbocycles. The molecule has 0 unspecified atom stereocenters. The Labute approximate surface area is 116 Å². The van der Waals surface area contributed by atoms with Crippen LogP contribution in [0.1, 0.15) is 16.1 Å². The smallest absolute Gasteiger partial charge is 0.170 e. The highest BCUT2D eigenvalue weighted by molar-refractivity contribution is 5.86. The molecule has 0 saturated heterocycles. The van der Waals surface area contributed by atoms with E-state index in [0.717, 1.165) is 28.7 Å². The van der Waals surface area contributed by atoms with Crippen molar-refractivity contribution >= 4 is 11.8 Å². The van der Waals surface area contributed by atoms with Gasteiger partial charge in [0.2, 0.25) is 0 Å². The zero-order chi connectivity index (χ0) is 14.1. The Bertz CT molecular complexity index is 790. The fraction of sp³-hybridized carbons (Fsp3) is 0.125. The number of aryl methyl sites for hydroxylation is 1. The third-order valence-corrected chi connectivity index (χ3v) is 3.29. The standard InChI is InChI=1S/C16H14N2O2/c1-11-7-8-18-14(9-11)13(10-19)17-16(18)12-5-3-4-6-15(12)20-2/h3-10H,1-2H3. The van der Waals surface area contributed by atoms with Crippen LogP contribution in [0.5, 0.6) is 5.75 Å². The van der Waals surface area contributed by atoms with Crippen LogP contribution in [0.3, 0.4) is 0 Å². The molecule has 0 N–H and O–H groups in total. The number of hydrogen-bond donors (Lipinski definition) is 0. The van der Waals surface area contributed by atoms with Gasteiger partial charge in [-0.15, -0.1) is 0 Å². The van der Waals surface area contributed by atoms with E-state index < -0.39 is 0 Å². The van der Waals surface area contributed by atoms with Gasteiger partial charge in [0.15, 0.2) is 6.29 Å². The van der Waals surface area contributed by atoms with E-state index >= 15 is 0 Å². The Morgan fingerprint density at radius 1 is 1.25 bits per heavy atom. The Kier molecular flexibility index (Phi) is 2.99. The number of aldehydes is 1. The number of pyridine rings is 1. The fourth-order valence-electron chi connectivity index (χ4n) is 2.32. The molecule has 0 spiro atoms. The quantitative estimate of drug-likeness (QED) is 0.684. The zero-order valence-corrected chi connectivity index (χ0v) is 11.3. The van der Waals surface area contributed by atoms with Crippen LogP contribution in [0.25, 0.3) is 16.9 Å². The second-order valence-electron chi connectivity index (χ2n) is 4.60. The number of rotatable bonds is 3. The first-order valence-electron chi connectivity index (χ1n) is 6.32. The summed E-state index contributed by atoms with van der Waals surface area (Å²) < 4.78 is 7.28. The molecule has 0 fully saturated rings. The number of hydrogen-bond acceptors (Lipinski definition) is 3. The number of nitrogens with zero attached hydrogens (tertiary/aromatic N) is 2. The van der Waals surface area contributed by atoms with Gasteiger partial charge in [0, 0.05) is 6.20 Å². The van der Waals surface area contributed by atoms with E-state index in [4.69, 9.17) is 4.74 Å². The average Bonchev–Trinajstić information content (AvgIpc) is 2.84. The van der Waals surface area contributed by atoms with E-state index in [-0.39, 0.29) is 0 Å². The summed E-state index contributed by atoms with van der Waals surface area (Å²) in [6.45, 7) is 1.99. The largest absolute Gasteiger partial charge is 0.496 e. The van der Waals surface area contributed by atoms with Gasteiger partial charge in [0.25, 0.3) is 0 Å². The number of para-hydroxylation sites is 1. The highest BCUT2D eigenvalue weighted by Crippen LogP contribution is 2.30. The van der Waals surface area contributed by atoms with Crippen molar-refractivity contribution in [3.8, 4) is 17.1 Å². The van der Waals surface area contributed by atoms with Crippen molar-refractivity contribution in [2.75, 3.05) is 7.11 Å². The number of aromatic nitrogens is 2. The number of methoxy groups -OCH3 is 1. The lowest BCUT2D eigenvalue weighted by Crippen LogP contribution is -1.93. The monoisotopic (exact) mass is 266 g/mol. The molecule has 1 aromatic carbocycles. The maximum absolute atomic E-state index is 11.2. The predicted molar refractivity (Wildman–Crippen MR) is 77.3 cm³/mol. The third kappa shape index (κ3) is 1.86. The third-order valence-electron chi connectivity index (χ3n) is 3.29. The van der Waals surface area contributed by atoms with Gasteiger partial charge in [-0.25, -0.2) is 4.98 Å². The van der Waals surface area contributed by atoms with Crippen molar-refractivity contribution in [3.63, 3.8) is 0 Å². The van der Waals surface area contributed by atoms with Gasteiger partial charge in [0.05, 0.1) is 18.2 Å². The molecule has 3 aromatic rings. The fourth-order valence-corrected chi connectivity index (χ4v) is 2.32. The Morgan fingerprint density at radius 2 is 2.05 bits per heavy atom. The van der Waals surface area contributed by atoms with E-state index in [2.05, 4.69) is 4.98 Å². The van der Waals surface area contributed by atoms with Crippen LogP contribution >= 0.6 is 0 Å². The Hall–Kier alpha value is -2.62. The molecule has 0 aliphatic heterocycles. The van der Waals surface area contributed by atoms with Crippen LogP contribution in [-0.2, 0) is 0 Å². The zero-order valence-electron chi connectivity index (χ0n) is 11.3. The lowest BCUT2D eigenvalue weighted by molar-refractivity contribution is 0.112. The second-order valence-corrected chi connectivity index (χ2v) is 4.60. The highest BCUT2D eigenvalue weighted by Gasteiger charge is 2.15. The van der Waals surface area contributed by atoms with Gasteiger partial charge in [0.1, 0.15) is 17.3 Å². The molecule has 20 heavy (non-hydrogen) atoms. The summed E-state index contributed by atoms with van der Waals surface area (Å²) in [5, 5.41) is 0. The second kappa shape index (κ2) is 4.81. The summed E-state index contributed by atoms with van der Waals surface area (Å²) in [6.07, 6.45) is 2.71. The number of carbonyl (C=O) groups is 1. The van der Waals surface area contributed by atoms with Crippen LogP contribution in [0.4, 0.5) is 0 Å². The molecule has 0 amide bonds. The topological polar surface area (TPSA) is 43.6 Å². The summed E-state index contributed by atoms with van der Waals surface area (Å²) in [5.41, 5.74) is 3.20. The summed E-state index contributed by atoms with van der Waals surface area (Å²) >= 11 is 0. The number of benzene rings is 1. The predicted octanol–water partition coefficient (Wildman–Crippen LogP) is 3.13. The van der Waals surface area contributed by atoms with Crippen molar-refractivity contribution in [2.24, 2.45) is 0 Å². The molecule has 3 rings (SSSR count). The van der Waals surface area contributed by atoms with Crippen molar-refractivity contribution in [1.82, 2.24) is 9.38 Å². The first-order valence-corrected chi connectivity index (χ1v) is 6.32. The minimum Gasteiger partial charge on any atom is -0.496 e. The lowest BCUT2D eigenvalue weighted by Gasteiger charge is -2.07. The number of ether oxygens (including phenoxy) is 1. The first kappa shape index (κ1) is 12.4. The van der Waals surface area contributed by atoms with E-state index in [1.54, 1.807) is 7.11 Å². The number of imidazole rings is 1. The molecular weight excluding hydrogens is 252 g/mol. The first-order chi connectivity index (χ1) is 9.74. The lowest BCUT2D eigenvalue weighted by atomic mass is 10.2. The molecule has 0 aliphatic rings. The van der Waals surface area contributed by atoms with E-state index in [9.17, 15) is 4.79 Å². The van der Waals surface area contributed by atoms with E-state index in [1.807, 2.05) is 53.9 Å². The Morgan fingerprint density at radius 3 is 2.80 bits per heavy atom. The molecule has 0 aliphatic carbocycles. The minimum atomic E-state index is 0.439. The molecule has 100 valence electrons. The van der Waals surface area contributed by atoms with Gasteiger partial charge in [-0.2, -0.15) is 0 Å². The molecular formula is C16H14N2O2. The van der Waals surface area contributed by atoms with E-state index in [0.29, 0.717) is 11.5 Å². The maximum Gasteiger partial charge on any atom is 0.170 e. The summed E-state index contributed by atoms with van der Waals surface area (Å²) in [7, 11) is 1.62. The summed E-state index contributed by atoms with van der Waals surface area (Å²) in [5.74, 6) is 1.44. The molecule has 2 aromatic heterocycles. The summed E-state index contributed by atoms with van der Waals surface area (Å²) in [4.78, 5) is 15.7. The molecule has 4 nitrogen and oxygen atoms in total. The molecule has 0 radical (unpaired) electrons. The van der Waals surface area contributed by atoms with E-state index in [1.165, 1.54) is 0 Å². The van der Waals surface area contributed by atoms with Crippen LogP contribution in [0.2, 0.25) is 0 Å². The van der Waals surface area contributed by atoms with Gasteiger partial charge >= 0.3 is 0 Å². The maximum atomic E-state index is 11.2. The van der Waals surface area contributed by atoms with Crippen LogP contribution in [0.15, 0.2) is 42.6 Å². The molecule has 0 bridgehead atoms. The normalized spacial score (nSPS) is 10.7. The van der Waals surface area contributed by atoms with Crippen LogP contribution < -0.4 is 4.74 Å². The Balaban J connectivity index is 2.34. The average molecular weight is 266 g/mol. The highest BCUT2D eigenvalue weighted by atomic mass is 16.5. The van der Waals surface area contributed by atoms with Crippen molar-refractivity contribution < 1.29 is 9.53 Å². The van der Waals surface area contributed by atoms with Gasteiger partial charge in [-0.05, 0) is 36.8 Å². The SMILES string of the molecule is COc1ccccc1-c1nc(C=O)c2cc(C)ccn12. The number of fused-ring (bicyclic) bond motifs is 1. The van der Waals surface area contributed by atoms with Gasteiger partial charge in [-0.3, -0.25) is 9.20 Å². The van der Waals surface area contributed by atoms with Crippen LogP contribution in [-0.4, -0.2) is 22.8 Å². The van der Waals surface area contributed by atoms with Crippen molar-refractivity contribution in [3.05, 3.63) is 53.9 Å². The van der Waals surface area contributed by atoms with Gasteiger partial charge < -0.3 is 4.74 Å². The minimum absolute atomic E-state index is 0.439. The molecule has 4 heteroatoms. The van der Waals surface area contributed by atoms with Crippen molar-refractivity contribution in [2.45, 2.75) is 6.92 Å². The summed E-state index contributed by atoms with van der Waals surface area (Å²) in [6, 6.07) is 11.6. The molecule has 0 atom stereocenters. The van der Waals surface area contributed by atoms with Gasteiger partial charge in [-0.1, -0.05) is 12.1 Å². The van der Waals surface area contributed by atoms with Crippen LogP contribution in [0, 0.1) is 6.92 Å². The van der Waals surface area contributed by atoms with Crippen molar-refractivity contribution in [1.29, 1.82) is 0 Å². The molecule has 2 heterocycles.